The molecule has 84 heavy (non-hydrogen) atoms. The van der Waals surface area contributed by atoms with Gasteiger partial charge in [-0.15, -0.1) is 0 Å². The number of ketones is 1. The third kappa shape index (κ3) is 14.2. The number of rotatable bonds is 11. The molecule has 4 aliphatic heterocycles. The van der Waals surface area contributed by atoms with E-state index in [1.54, 1.807) is 53.4 Å². The Morgan fingerprint density at radius 2 is 1.50 bits per heavy atom. The Hall–Kier alpha value is -3.81. The number of nitrogens with two attached hydrogens (primary N) is 1. The first-order chi connectivity index (χ1) is 38.2. The van der Waals surface area contributed by atoms with Gasteiger partial charge in [0, 0.05) is 75.8 Å². The first-order valence-corrected chi connectivity index (χ1v) is 28.1. The number of aliphatic hydroxyl groups is 4. The van der Waals surface area contributed by atoms with Gasteiger partial charge in [-0.2, -0.15) is 0 Å². The predicted molar refractivity (Wildman–Crippen MR) is 292 cm³/mol. The molecule has 6 heterocycles. The number of carboxylic acid groups (broad SMARTS) is 1. The number of ether oxygens (including phenoxy) is 7. The van der Waals surface area contributed by atoms with Crippen LogP contribution in [0.3, 0.4) is 0 Å². The fourth-order valence-electron chi connectivity index (χ4n) is 12.8. The van der Waals surface area contributed by atoms with Crippen molar-refractivity contribution in [3.05, 3.63) is 63.7 Å². The summed E-state index contributed by atoms with van der Waals surface area (Å²) in [4.78, 5) is 60.1. The quantitative estimate of drug-likeness (QED) is 0.0926. The number of aromatic nitrogens is 2. The maximum atomic E-state index is 14.8. The minimum Gasteiger partial charge on any atom is -1.00 e. The van der Waals surface area contributed by atoms with Crippen LogP contribution in [0.1, 0.15) is 105 Å². The van der Waals surface area contributed by atoms with Crippen LogP contribution >= 0.6 is 0 Å². The molecule has 3 aromatic rings. The number of anilines is 1. The van der Waals surface area contributed by atoms with E-state index in [1.165, 1.54) is 21.1 Å². The monoisotopic (exact) mass is 1210 g/mol. The number of carbonyl (C=O) groups is 3. The Morgan fingerprint density at radius 1 is 0.881 bits per heavy atom. The first-order valence-electron chi connectivity index (χ1n) is 28.1. The Labute approximate surface area is 506 Å². The SMILES string of the molecule is CC[C@H]1OC(=O)[C@H](C)[C@@H](O[C@H]2C[C@@](C)(OC)[C@@H](O)[C@H](C)O2)[C@H](C)[C@@H](O[C@@H]2O[C@H](C)C[C@H](N(C)C)[C@H]2O)[C@](C)(OC)C[C@@H](C)C(=O)[C@H](C)[C@@H](O)[C@]1(C)O.N[C@@H]1[C@H]2CN(c3nc4c(cc3F)c(=O)c(C(=O)O)cn4-c3ccc(F)cc3F)C[C@@H]12.[Cl-].[Li+]. The van der Waals surface area contributed by atoms with Gasteiger partial charge in [0.1, 0.15) is 46.9 Å². The largest absolute Gasteiger partial charge is 1.00 e. The summed E-state index contributed by atoms with van der Waals surface area (Å²) in [5, 5.41) is 54.6. The predicted octanol–water partition coefficient (Wildman–Crippen LogP) is -1.66. The Balaban J connectivity index is 0.000000340. The summed E-state index contributed by atoms with van der Waals surface area (Å²) in [6.45, 7) is 18.1. The standard InChI is InChI=1S/C38H69NO13.C20H15F3N4O3.ClH.Li/c1-15-26-38(10,45)31(42)21(4)28(40)19(2)17-37(9,47-14)33(52-35-29(41)25(39(11)12)16-20(3)48-35)22(5)30(23(6)34(44)50-26)51-27-18-36(8,46-13)32(43)24(7)49-27;21-8-1-2-15(13(22)3-8)27-7-12(20(29)30)17(28)9-4-14(23)19(25-18(9)27)26-5-10-11(6-26)16(10)24;;/h19-27,29-33,35,41-43,45H,15-18H2,1-14H3;1-4,7,10-11,16H,5-6,24H2,(H,29,30);1H;/q;;;+1/p-1/t19-,20-,21+,22+,23-,24+,25+,26-,27+,29-,30+,31-,32+,33-,35+,36-,37-,38-;10-,11+,16+;;/m1.../s1. The molecular weight excluding hydrogens is 1120 g/mol. The maximum Gasteiger partial charge on any atom is 1.00 e. The van der Waals surface area contributed by atoms with Crippen LogP contribution in [0.5, 0.6) is 0 Å². The van der Waals surface area contributed by atoms with E-state index in [0.717, 1.165) is 29.0 Å². The molecule has 21 atom stereocenters. The van der Waals surface area contributed by atoms with Crippen LogP contribution in [0.15, 0.2) is 35.3 Å². The molecule has 1 saturated carbocycles. The van der Waals surface area contributed by atoms with Gasteiger partial charge >= 0.3 is 30.8 Å². The number of fused-ring (bicyclic) bond motifs is 2. The summed E-state index contributed by atoms with van der Waals surface area (Å²) in [5.41, 5.74) is -0.304. The second-order valence-electron chi connectivity index (χ2n) is 24.2. The summed E-state index contributed by atoms with van der Waals surface area (Å²) in [6, 6.07) is 3.41. The maximum absolute atomic E-state index is 14.8. The number of aromatic carboxylic acids is 1. The smallest absolute Gasteiger partial charge is 1.00 e. The van der Waals surface area contributed by atoms with Gasteiger partial charge in [0.15, 0.2) is 29.9 Å². The van der Waals surface area contributed by atoms with Gasteiger partial charge in [-0.1, -0.05) is 27.7 Å². The first kappa shape index (κ1) is 70.9. The number of Topliss-reactive ketones (excluding diaryl/α,β-unsaturated/α-hetero) is 1. The number of likely N-dealkylation sites (N-methyl/N-ethyl adjacent to an activating group) is 1. The van der Waals surface area contributed by atoms with Crippen LogP contribution in [0.25, 0.3) is 16.7 Å². The van der Waals surface area contributed by atoms with Crippen molar-refractivity contribution in [3.63, 3.8) is 0 Å². The van der Waals surface area contributed by atoms with Gasteiger partial charge in [-0.05, 0) is 105 Å². The van der Waals surface area contributed by atoms with Crippen molar-refractivity contribution >= 4 is 34.6 Å². The molecule has 4 saturated heterocycles. The molecule has 2 aromatic heterocycles. The molecule has 1 aliphatic carbocycles. The third-order valence-corrected chi connectivity index (χ3v) is 18.1. The summed E-state index contributed by atoms with van der Waals surface area (Å²) in [7, 11) is 6.77. The molecule has 8 rings (SSSR count). The number of esters is 1. The van der Waals surface area contributed by atoms with Gasteiger partial charge in [0.25, 0.3) is 0 Å². The number of piperidine rings is 1. The van der Waals surface area contributed by atoms with Crippen molar-refractivity contribution in [2.24, 2.45) is 41.2 Å². The molecule has 0 bridgehead atoms. The van der Waals surface area contributed by atoms with E-state index in [1.807, 2.05) is 32.8 Å². The second-order valence-corrected chi connectivity index (χ2v) is 24.2. The van der Waals surface area contributed by atoms with Crippen LogP contribution in [-0.2, 0) is 42.7 Å². The van der Waals surface area contributed by atoms with Crippen molar-refractivity contribution in [3.8, 4) is 5.69 Å². The van der Waals surface area contributed by atoms with Gasteiger partial charge < -0.3 is 86.6 Å². The molecule has 7 N–H and O–H groups in total. The molecule has 5 fully saturated rings. The van der Waals surface area contributed by atoms with E-state index < -0.39 is 136 Å². The minimum atomic E-state index is -1.96. The Morgan fingerprint density at radius 3 is 2.06 bits per heavy atom. The van der Waals surface area contributed by atoms with E-state index in [4.69, 9.17) is 38.9 Å². The van der Waals surface area contributed by atoms with Crippen LogP contribution in [0.4, 0.5) is 19.0 Å². The number of methoxy groups -OCH3 is 2. The molecular formula is C58H84ClF3LiN5O16. The number of carbonyl (C=O) groups excluding carboxylic acids is 2. The normalized spacial score (nSPS) is 38.3. The number of halogens is 4. The van der Waals surface area contributed by atoms with Gasteiger partial charge in [-0.25, -0.2) is 22.9 Å². The summed E-state index contributed by atoms with van der Waals surface area (Å²) < 4.78 is 87.6. The van der Waals surface area contributed by atoms with E-state index in [9.17, 15) is 57.9 Å². The van der Waals surface area contributed by atoms with Crippen LogP contribution in [-0.4, -0.2) is 189 Å². The number of carboxylic acids is 1. The van der Waals surface area contributed by atoms with Gasteiger partial charge in [-0.3, -0.25) is 19.0 Å². The topological polar surface area (TPSA) is 284 Å². The van der Waals surface area contributed by atoms with Crippen molar-refractivity contribution in [2.45, 2.75) is 185 Å². The molecule has 0 spiro atoms. The number of nitrogens with zero attached hydrogens (tertiary/aromatic N) is 4. The third-order valence-electron chi connectivity index (χ3n) is 18.1. The Kier molecular flexibility index (Phi) is 23.4. The number of cyclic esters (lactones) is 1. The van der Waals surface area contributed by atoms with E-state index in [2.05, 4.69) is 4.98 Å². The molecule has 26 heteroatoms. The zero-order valence-electron chi connectivity index (χ0n) is 50.6. The zero-order chi connectivity index (χ0) is 61.0. The molecule has 1 aromatic carbocycles. The van der Waals surface area contributed by atoms with Crippen LogP contribution < -0.4 is 47.3 Å². The molecule has 0 amide bonds. The molecule has 5 aliphatic rings. The average Bonchev–Trinajstić information content (AvgIpc) is 2.30. The Bertz CT molecular complexity index is 2870. The van der Waals surface area contributed by atoms with Gasteiger partial charge in [0.2, 0.25) is 5.43 Å². The fourth-order valence-corrected chi connectivity index (χ4v) is 12.8. The van der Waals surface area contributed by atoms with Crippen molar-refractivity contribution in [1.82, 2.24) is 14.5 Å². The van der Waals surface area contributed by atoms with Gasteiger partial charge in [0.05, 0.1) is 58.7 Å². The van der Waals surface area contributed by atoms with Crippen LogP contribution in [0, 0.1) is 53.0 Å². The molecule has 21 nitrogen and oxygen atoms in total. The summed E-state index contributed by atoms with van der Waals surface area (Å²) in [5.74, 6) is -8.17. The summed E-state index contributed by atoms with van der Waals surface area (Å²) >= 11 is 0. The zero-order valence-corrected chi connectivity index (χ0v) is 51.4. The van der Waals surface area contributed by atoms with E-state index >= 15 is 0 Å². The fraction of sp³-hybridized carbons (Fsp3) is 0.707. The number of aliphatic hydroxyl groups excluding tert-OH is 3. The minimum absolute atomic E-state index is 0. The van der Waals surface area contributed by atoms with Crippen LogP contribution in [0.2, 0.25) is 0 Å². The molecule has 0 unspecified atom stereocenters. The van der Waals surface area contributed by atoms with Crippen molar-refractivity contribution in [1.29, 1.82) is 0 Å². The number of hydrogen-bond donors (Lipinski definition) is 6. The molecule has 0 radical (unpaired) electrons. The molecule has 466 valence electrons. The van der Waals surface area contributed by atoms with Crippen molar-refractivity contribution in [2.75, 3.05) is 46.3 Å². The number of hydrogen-bond acceptors (Lipinski definition) is 19. The average molecular weight is 1210 g/mol. The van der Waals surface area contributed by atoms with E-state index in [0.29, 0.717) is 25.6 Å². The number of pyridine rings is 2. The number of benzene rings is 1. The second kappa shape index (κ2) is 27.7. The van der Waals surface area contributed by atoms with E-state index in [-0.39, 0.29) is 109 Å². The summed E-state index contributed by atoms with van der Waals surface area (Å²) in [6.07, 6.45) is -7.82. The van der Waals surface area contributed by atoms with Crippen molar-refractivity contribution < 1.29 is 118 Å².